The molecule has 1 rings (SSSR count). The zero-order chi connectivity index (χ0) is 14.1. The predicted molar refractivity (Wildman–Crippen MR) is 78.7 cm³/mol. The normalized spacial score (nSPS) is 20.5. The van der Waals surface area contributed by atoms with Gasteiger partial charge in [0.25, 0.3) is 0 Å². The van der Waals surface area contributed by atoms with Gasteiger partial charge < -0.3 is 18.3 Å². The van der Waals surface area contributed by atoms with Gasteiger partial charge in [-0.25, -0.2) is 0 Å². The average molecular weight is 290 g/mol. The third-order valence-electron chi connectivity index (χ3n) is 3.51. The second-order valence-corrected chi connectivity index (χ2v) is 8.91. The summed E-state index contributed by atoms with van der Waals surface area (Å²) in [5, 5.41) is 0. The molecule has 0 N–H and O–H groups in total. The van der Waals surface area contributed by atoms with Gasteiger partial charge in [-0.1, -0.05) is 13.8 Å². The van der Waals surface area contributed by atoms with E-state index in [0.29, 0.717) is 6.10 Å². The molecule has 1 heterocycles. The van der Waals surface area contributed by atoms with Crippen LogP contribution in [0.4, 0.5) is 0 Å². The van der Waals surface area contributed by atoms with Crippen LogP contribution in [0.1, 0.15) is 40.5 Å². The minimum Gasteiger partial charge on any atom is -0.394 e. The van der Waals surface area contributed by atoms with Crippen molar-refractivity contribution < 1.29 is 18.3 Å². The van der Waals surface area contributed by atoms with Gasteiger partial charge in [0.05, 0.1) is 13.2 Å². The smallest absolute Gasteiger partial charge is 0.337 e. The maximum atomic E-state index is 6.25. The molecule has 0 aromatic heterocycles. The van der Waals surface area contributed by atoms with Gasteiger partial charge in [-0.2, -0.15) is 0 Å². The van der Waals surface area contributed by atoms with Crippen molar-refractivity contribution in [3.63, 3.8) is 0 Å². The molecule has 2 unspecified atom stereocenters. The molecule has 2 atom stereocenters. The van der Waals surface area contributed by atoms with Gasteiger partial charge in [0, 0.05) is 19.3 Å². The van der Waals surface area contributed by atoms with E-state index in [1.165, 1.54) is 0 Å². The van der Waals surface area contributed by atoms with Gasteiger partial charge in [0.2, 0.25) is 0 Å². The molecule has 1 aliphatic rings. The molecule has 0 bridgehead atoms. The molecule has 0 amide bonds. The summed E-state index contributed by atoms with van der Waals surface area (Å²) >= 11 is 0. The van der Waals surface area contributed by atoms with Crippen LogP contribution in [0.15, 0.2) is 0 Å². The van der Waals surface area contributed by atoms with E-state index >= 15 is 0 Å². The summed E-state index contributed by atoms with van der Waals surface area (Å²) < 4.78 is 22.8. The van der Waals surface area contributed by atoms with Gasteiger partial charge in [-0.15, -0.1) is 0 Å². The molecule has 0 aromatic rings. The summed E-state index contributed by atoms with van der Waals surface area (Å²) in [5.41, 5.74) is 0. The molecule has 0 radical (unpaired) electrons. The zero-order valence-electron chi connectivity index (χ0n) is 12.9. The second kappa shape index (κ2) is 9.08. The molecule has 1 fully saturated rings. The Kier molecular flexibility index (Phi) is 8.17. The van der Waals surface area contributed by atoms with Crippen LogP contribution in [-0.2, 0) is 18.3 Å². The topological polar surface area (TPSA) is 40.2 Å². The van der Waals surface area contributed by atoms with E-state index in [4.69, 9.17) is 18.3 Å². The molecule has 5 heteroatoms. The Hall–Kier alpha value is 0.0569. The van der Waals surface area contributed by atoms with Crippen LogP contribution in [-0.4, -0.2) is 47.2 Å². The molecular weight excluding hydrogens is 260 g/mol. The first-order valence-electron chi connectivity index (χ1n) is 7.66. The van der Waals surface area contributed by atoms with E-state index in [1.54, 1.807) is 0 Å². The number of epoxide rings is 1. The highest BCUT2D eigenvalue weighted by Gasteiger charge is 2.34. The maximum absolute atomic E-state index is 6.25. The summed E-state index contributed by atoms with van der Waals surface area (Å²) in [7, 11) is -1.94. The Morgan fingerprint density at radius 1 is 1.26 bits per heavy atom. The fourth-order valence-corrected chi connectivity index (χ4v) is 4.88. The van der Waals surface area contributed by atoms with Crippen LogP contribution in [0.3, 0.4) is 0 Å². The minimum atomic E-state index is -1.94. The Bertz CT molecular complexity index is 229. The lowest BCUT2D eigenvalue weighted by Crippen LogP contribution is -2.43. The largest absolute Gasteiger partial charge is 0.394 e. The Labute approximate surface area is 119 Å². The average Bonchev–Trinajstić information content (AvgIpc) is 3.22. The number of rotatable bonds is 12. The Balaban J connectivity index is 2.13. The fourth-order valence-electron chi connectivity index (χ4n) is 2.20. The highest BCUT2D eigenvalue weighted by atomic mass is 28.4. The Morgan fingerprint density at radius 3 is 2.47 bits per heavy atom. The van der Waals surface area contributed by atoms with E-state index in [9.17, 15) is 0 Å². The van der Waals surface area contributed by atoms with Crippen molar-refractivity contribution in [3.8, 4) is 0 Å². The third-order valence-corrected chi connectivity index (χ3v) is 7.31. The summed E-state index contributed by atoms with van der Waals surface area (Å²) in [4.78, 5) is 0. The van der Waals surface area contributed by atoms with Gasteiger partial charge in [-0.05, 0) is 38.8 Å². The summed E-state index contributed by atoms with van der Waals surface area (Å²) in [5.74, 6) is 0. The van der Waals surface area contributed by atoms with Crippen molar-refractivity contribution in [3.05, 3.63) is 0 Å². The van der Waals surface area contributed by atoms with Crippen molar-refractivity contribution in [2.75, 3.05) is 26.4 Å². The van der Waals surface area contributed by atoms with Gasteiger partial charge >= 0.3 is 8.56 Å². The van der Waals surface area contributed by atoms with Crippen molar-refractivity contribution in [2.45, 2.75) is 64.8 Å². The molecule has 1 saturated heterocycles. The van der Waals surface area contributed by atoms with Gasteiger partial charge in [0.15, 0.2) is 0 Å². The SMILES string of the molecule is CCO[Si](CC)(CC)OC(C)CCCOCC1CO1. The molecule has 114 valence electrons. The monoisotopic (exact) mass is 290 g/mol. The van der Waals surface area contributed by atoms with E-state index in [1.807, 2.05) is 0 Å². The highest BCUT2D eigenvalue weighted by molar-refractivity contribution is 6.67. The zero-order valence-corrected chi connectivity index (χ0v) is 13.9. The third kappa shape index (κ3) is 6.86. The first-order valence-corrected chi connectivity index (χ1v) is 9.90. The van der Waals surface area contributed by atoms with E-state index in [2.05, 4.69) is 27.7 Å². The Morgan fingerprint density at radius 2 is 1.95 bits per heavy atom. The molecule has 4 nitrogen and oxygen atoms in total. The summed E-state index contributed by atoms with van der Waals surface area (Å²) in [6, 6.07) is 2.05. The lowest BCUT2D eigenvalue weighted by atomic mass is 10.2. The van der Waals surface area contributed by atoms with Crippen molar-refractivity contribution in [2.24, 2.45) is 0 Å². The minimum absolute atomic E-state index is 0.263. The predicted octanol–water partition coefficient (Wildman–Crippen LogP) is 3.11. The second-order valence-electron chi connectivity index (χ2n) is 5.15. The molecule has 1 aliphatic heterocycles. The van der Waals surface area contributed by atoms with E-state index in [-0.39, 0.29) is 6.10 Å². The standard InChI is InChI=1S/C14H30O4Si/c1-5-17-19(6-2,7-3)18-13(4)9-8-10-15-11-14-12-16-14/h13-14H,5-12H2,1-4H3. The van der Waals surface area contributed by atoms with E-state index in [0.717, 1.165) is 51.4 Å². The molecule has 0 aliphatic carbocycles. The van der Waals surface area contributed by atoms with Gasteiger partial charge in [0.1, 0.15) is 6.10 Å². The van der Waals surface area contributed by atoms with Crippen molar-refractivity contribution in [1.82, 2.24) is 0 Å². The molecule has 19 heavy (non-hydrogen) atoms. The van der Waals surface area contributed by atoms with Crippen LogP contribution in [0.25, 0.3) is 0 Å². The van der Waals surface area contributed by atoms with Crippen molar-refractivity contribution in [1.29, 1.82) is 0 Å². The van der Waals surface area contributed by atoms with Crippen LogP contribution in [0.5, 0.6) is 0 Å². The van der Waals surface area contributed by atoms with Crippen LogP contribution < -0.4 is 0 Å². The molecule has 0 aromatic carbocycles. The number of hydrogen-bond donors (Lipinski definition) is 0. The highest BCUT2D eigenvalue weighted by Crippen LogP contribution is 2.22. The quantitative estimate of drug-likeness (QED) is 0.314. The van der Waals surface area contributed by atoms with Crippen LogP contribution in [0, 0.1) is 0 Å². The van der Waals surface area contributed by atoms with Gasteiger partial charge in [-0.3, -0.25) is 0 Å². The van der Waals surface area contributed by atoms with Crippen LogP contribution in [0.2, 0.25) is 12.1 Å². The summed E-state index contributed by atoms with van der Waals surface area (Å²) in [6.07, 6.45) is 2.71. The number of ether oxygens (including phenoxy) is 2. The van der Waals surface area contributed by atoms with Crippen LogP contribution >= 0.6 is 0 Å². The molecular formula is C14H30O4Si. The number of hydrogen-bond acceptors (Lipinski definition) is 4. The van der Waals surface area contributed by atoms with E-state index < -0.39 is 8.56 Å². The lowest BCUT2D eigenvalue weighted by molar-refractivity contribution is 0.0889. The molecule has 0 saturated carbocycles. The molecule has 0 spiro atoms. The fraction of sp³-hybridized carbons (Fsp3) is 1.00. The lowest BCUT2D eigenvalue weighted by Gasteiger charge is -2.31. The van der Waals surface area contributed by atoms with Crippen molar-refractivity contribution >= 4 is 8.56 Å². The summed E-state index contributed by atoms with van der Waals surface area (Å²) in [6.45, 7) is 11.7. The maximum Gasteiger partial charge on any atom is 0.337 e. The first-order chi connectivity index (χ1) is 9.15. The first kappa shape index (κ1) is 17.1.